The van der Waals surface area contributed by atoms with Crippen LogP contribution in [0.25, 0.3) is 0 Å². The van der Waals surface area contributed by atoms with Crippen LogP contribution in [0.15, 0.2) is 19.3 Å². The molecule has 0 aromatic heterocycles. The molecular weight excluding hydrogens is 350 g/mol. The Kier molecular flexibility index (Phi) is 4.28. The second kappa shape index (κ2) is 4.74. The first-order valence-corrected chi connectivity index (χ1v) is 5.64. The van der Waals surface area contributed by atoms with Gasteiger partial charge in [0.15, 0.2) is 0 Å². The van der Waals surface area contributed by atoms with E-state index in [2.05, 4.69) is 57.3 Å². The van der Waals surface area contributed by atoms with Gasteiger partial charge in [0.1, 0.15) is 0 Å². The normalized spacial score (nSPS) is 20.6. The molecule has 0 aliphatic heterocycles. The molecule has 0 radical (unpaired) electrons. The van der Waals surface area contributed by atoms with Crippen molar-refractivity contribution in [3.8, 4) is 0 Å². The Morgan fingerprint density at radius 3 is 1.70 bits per heavy atom. The summed E-state index contributed by atoms with van der Waals surface area (Å²) in [6.07, 6.45) is 9.53. The molecule has 10 heavy (non-hydrogen) atoms. The van der Waals surface area contributed by atoms with Crippen molar-refractivity contribution >= 4 is 45.2 Å². The van der Waals surface area contributed by atoms with Gasteiger partial charge in [0.05, 0.1) is 0 Å². The van der Waals surface area contributed by atoms with Gasteiger partial charge in [0.25, 0.3) is 0 Å². The van der Waals surface area contributed by atoms with Crippen LogP contribution in [0.4, 0.5) is 0 Å². The van der Waals surface area contributed by atoms with Gasteiger partial charge < -0.3 is 0 Å². The summed E-state index contributed by atoms with van der Waals surface area (Å²) >= 11 is 4.93. The van der Waals surface area contributed by atoms with E-state index in [9.17, 15) is 0 Å². The largest absolute Gasteiger partial charge is 0.0882 e. The summed E-state index contributed by atoms with van der Waals surface area (Å²) in [6.45, 7) is 0. The zero-order valence-corrected chi connectivity index (χ0v) is 10.1. The maximum absolute atomic E-state index is 2.46. The lowest BCUT2D eigenvalue weighted by Crippen LogP contribution is -1.82. The minimum Gasteiger partial charge on any atom is -0.0882 e. The van der Waals surface area contributed by atoms with Crippen molar-refractivity contribution in [3.05, 3.63) is 19.3 Å². The van der Waals surface area contributed by atoms with Gasteiger partial charge in [-0.3, -0.25) is 0 Å². The van der Waals surface area contributed by atoms with Crippen molar-refractivity contribution in [3.63, 3.8) is 0 Å². The van der Waals surface area contributed by atoms with E-state index >= 15 is 0 Å². The molecule has 0 aromatic carbocycles. The molecule has 56 valence electrons. The van der Waals surface area contributed by atoms with E-state index in [-0.39, 0.29) is 0 Å². The molecule has 0 saturated heterocycles. The Hall–Kier alpha value is 0.940. The van der Waals surface area contributed by atoms with Crippen molar-refractivity contribution < 1.29 is 0 Å². The lowest BCUT2D eigenvalue weighted by atomic mass is 10.1. The van der Waals surface area contributed by atoms with Gasteiger partial charge in [-0.15, -0.1) is 0 Å². The van der Waals surface area contributed by atoms with Crippen LogP contribution in [0.3, 0.4) is 0 Å². The van der Waals surface area contributed by atoms with E-state index in [4.69, 9.17) is 0 Å². The van der Waals surface area contributed by atoms with Crippen molar-refractivity contribution in [1.29, 1.82) is 0 Å². The summed E-state index contributed by atoms with van der Waals surface area (Å²) in [4.78, 5) is 0. The first kappa shape index (κ1) is 9.03. The second-order valence-corrected chi connectivity index (χ2v) is 4.96. The van der Waals surface area contributed by atoms with Crippen molar-refractivity contribution in [1.82, 2.24) is 0 Å². The first-order chi connectivity index (χ1) is 4.80. The molecule has 0 fully saturated rings. The second-order valence-electron chi connectivity index (χ2n) is 2.36. The standard InChI is InChI=1S/C8H10I2/c9-7-5-3-1-2-4-6-8(7)10/h1-2H,3-6H2. The van der Waals surface area contributed by atoms with Gasteiger partial charge in [0.2, 0.25) is 0 Å². The maximum atomic E-state index is 2.46. The van der Waals surface area contributed by atoms with Gasteiger partial charge in [-0.2, -0.15) is 0 Å². The molecule has 0 atom stereocenters. The van der Waals surface area contributed by atoms with E-state index in [1.807, 2.05) is 0 Å². The summed E-state index contributed by atoms with van der Waals surface area (Å²) < 4.78 is 3.12. The molecule has 0 saturated carbocycles. The Morgan fingerprint density at radius 1 is 0.900 bits per heavy atom. The fraction of sp³-hybridized carbons (Fsp3) is 0.500. The molecule has 0 amide bonds. The molecule has 0 N–H and O–H groups in total. The lowest BCUT2D eigenvalue weighted by molar-refractivity contribution is 0.953. The van der Waals surface area contributed by atoms with Crippen LogP contribution in [0.2, 0.25) is 0 Å². The van der Waals surface area contributed by atoms with E-state index in [0.717, 1.165) is 0 Å². The molecule has 2 heteroatoms. The number of hydrogen-bond acceptors (Lipinski definition) is 0. The molecule has 1 aliphatic carbocycles. The first-order valence-electron chi connectivity index (χ1n) is 3.48. The highest BCUT2D eigenvalue weighted by atomic mass is 127. The van der Waals surface area contributed by atoms with Crippen LogP contribution in [-0.4, -0.2) is 0 Å². The highest BCUT2D eigenvalue weighted by molar-refractivity contribution is 14.1. The van der Waals surface area contributed by atoms with Gasteiger partial charge in [-0.05, 0) is 70.9 Å². The molecular formula is C8H10I2. The highest BCUT2D eigenvalue weighted by Gasteiger charge is 2.00. The van der Waals surface area contributed by atoms with Gasteiger partial charge in [-0.25, -0.2) is 0 Å². The van der Waals surface area contributed by atoms with E-state index in [1.165, 1.54) is 25.7 Å². The Bertz CT molecular complexity index is 150. The third-order valence-corrected chi connectivity index (χ3v) is 4.93. The zero-order chi connectivity index (χ0) is 7.40. The Labute approximate surface area is 89.4 Å². The van der Waals surface area contributed by atoms with Gasteiger partial charge in [-0.1, -0.05) is 12.2 Å². The Morgan fingerprint density at radius 2 is 1.30 bits per heavy atom. The fourth-order valence-corrected chi connectivity index (χ4v) is 2.09. The minimum absolute atomic E-state index is 1.23. The lowest BCUT2D eigenvalue weighted by Gasteiger charge is -2.04. The summed E-state index contributed by atoms with van der Waals surface area (Å²) in [5.41, 5.74) is 0. The molecule has 0 spiro atoms. The Balaban J connectivity index is 2.57. The monoisotopic (exact) mass is 360 g/mol. The molecule has 0 heterocycles. The maximum Gasteiger partial charge on any atom is 0.000177 e. The fourth-order valence-electron chi connectivity index (χ4n) is 0.927. The van der Waals surface area contributed by atoms with Crippen LogP contribution in [0.5, 0.6) is 0 Å². The van der Waals surface area contributed by atoms with Crippen LogP contribution in [0.1, 0.15) is 25.7 Å². The predicted octanol–water partition coefficient (Wildman–Crippen LogP) is 4.20. The van der Waals surface area contributed by atoms with Crippen LogP contribution in [-0.2, 0) is 0 Å². The van der Waals surface area contributed by atoms with Gasteiger partial charge in [0, 0.05) is 7.16 Å². The topological polar surface area (TPSA) is 0 Å². The number of allylic oxidation sites excluding steroid dienone is 4. The SMILES string of the molecule is IC1=C(I)CCC=CCC1. The molecule has 1 rings (SSSR count). The molecule has 0 bridgehead atoms. The van der Waals surface area contributed by atoms with Crippen LogP contribution in [0, 0.1) is 0 Å². The van der Waals surface area contributed by atoms with E-state index in [1.54, 1.807) is 7.16 Å². The van der Waals surface area contributed by atoms with E-state index < -0.39 is 0 Å². The third-order valence-electron chi connectivity index (χ3n) is 1.52. The predicted molar refractivity (Wildman–Crippen MR) is 62.7 cm³/mol. The minimum atomic E-state index is 1.23. The van der Waals surface area contributed by atoms with Crippen LogP contribution >= 0.6 is 45.2 Å². The molecule has 0 unspecified atom stereocenters. The summed E-state index contributed by atoms with van der Waals surface area (Å²) in [6, 6.07) is 0. The molecule has 1 aliphatic rings. The van der Waals surface area contributed by atoms with Crippen molar-refractivity contribution in [2.45, 2.75) is 25.7 Å². The zero-order valence-electron chi connectivity index (χ0n) is 5.74. The average Bonchev–Trinajstić information content (AvgIpc) is 1.92. The van der Waals surface area contributed by atoms with Gasteiger partial charge >= 0.3 is 0 Å². The number of halogens is 2. The van der Waals surface area contributed by atoms with Crippen molar-refractivity contribution in [2.75, 3.05) is 0 Å². The van der Waals surface area contributed by atoms with E-state index in [0.29, 0.717) is 0 Å². The molecule has 0 aromatic rings. The smallest absolute Gasteiger partial charge is 0.000177 e. The van der Waals surface area contributed by atoms with Crippen molar-refractivity contribution in [2.24, 2.45) is 0 Å². The quantitative estimate of drug-likeness (QED) is 0.449. The summed E-state index contributed by atoms with van der Waals surface area (Å²) in [5, 5.41) is 0. The summed E-state index contributed by atoms with van der Waals surface area (Å²) in [7, 11) is 0. The highest BCUT2D eigenvalue weighted by Crippen LogP contribution is 2.28. The third kappa shape index (κ3) is 2.90. The average molecular weight is 360 g/mol. The van der Waals surface area contributed by atoms with Crippen LogP contribution < -0.4 is 0 Å². The number of hydrogen-bond donors (Lipinski definition) is 0. The number of rotatable bonds is 0. The summed E-state index contributed by atoms with van der Waals surface area (Å²) in [5.74, 6) is 0. The molecule has 0 nitrogen and oxygen atoms in total.